The number of rotatable bonds is 2. The zero-order valence-electron chi connectivity index (χ0n) is 9.98. The summed E-state index contributed by atoms with van der Waals surface area (Å²) in [5.41, 5.74) is 2.02. The molecule has 2 N–H and O–H groups in total. The summed E-state index contributed by atoms with van der Waals surface area (Å²) in [4.78, 5) is 11.8. The molecule has 19 heavy (non-hydrogen) atoms. The highest BCUT2D eigenvalue weighted by Gasteiger charge is 2.02. The van der Waals surface area contributed by atoms with Gasteiger partial charge in [-0.2, -0.15) is 0 Å². The van der Waals surface area contributed by atoms with E-state index in [2.05, 4.69) is 16.6 Å². The SMILES string of the molecule is C#Cc1cccc(NC(=O)Nc2ccc(Cl)cc2)c1. The van der Waals surface area contributed by atoms with Crippen LogP contribution in [0.1, 0.15) is 5.56 Å². The Morgan fingerprint density at radius 2 is 1.74 bits per heavy atom. The smallest absolute Gasteiger partial charge is 0.308 e. The summed E-state index contributed by atoms with van der Waals surface area (Å²) >= 11 is 5.76. The number of benzene rings is 2. The molecule has 0 aromatic heterocycles. The lowest BCUT2D eigenvalue weighted by Crippen LogP contribution is -2.19. The van der Waals surface area contributed by atoms with E-state index >= 15 is 0 Å². The summed E-state index contributed by atoms with van der Waals surface area (Å²) in [6.45, 7) is 0. The number of nitrogens with one attached hydrogen (secondary N) is 2. The fraction of sp³-hybridized carbons (Fsp3) is 0. The molecule has 0 spiro atoms. The topological polar surface area (TPSA) is 41.1 Å². The van der Waals surface area contributed by atoms with E-state index in [1.54, 1.807) is 48.5 Å². The lowest BCUT2D eigenvalue weighted by molar-refractivity contribution is 0.262. The van der Waals surface area contributed by atoms with Gasteiger partial charge in [0, 0.05) is 22.0 Å². The zero-order valence-corrected chi connectivity index (χ0v) is 10.7. The Kier molecular flexibility index (Phi) is 4.07. The number of carbonyl (C=O) groups is 1. The highest BCUT2D eigenvalue weighted by molar-refractivity contribution is 6.30. The molecule has 0 saturated heterocycles. The molecule has 0 saturated carbocycles. The van der Waals surface area contributed by atoms with Crippen LogP contribution in [-0.4, -0.2) is 6.03 Å². The van der Waals surface area contributed by atoms with Crippen molar-refractivity contribution < 1.29 is 4.79 Å². The Balaban J connectivity index is 2.01. The molecule has 0 fully saturated rings. The van der Waals surface area contributed by atoms with E-state index in [4.69, 9.17) is 18.0 Å². The van der Waals surface area contributed by atoms with E-state index in [0.29, 0.717) is 22.0 Å². The number of terminal acetylenes is 1. The van der Waals surface area contributed by atoms with Gasteiger partial charge in [-0.1, -0.05) is 23.6 Å². The Bertz CT molecular complexity index is 629. The highest BCUT2D eigenvalue weighted by Crippen LogP contribution is 2.14. The van der Waals surface area contributed by atoms with Crippen LogP contribution in [-0.2, 0) is 0 Å². The molecule has 0 aliphatic heterocycles. The summed E-state index contributed by atoms with van der Waals surface area (Å²) < 4.78 is 0. The maximum absolute atomic E-state index is 11.8. The molecule has 0 radical (unpaired) electrons. The monoisotopic (exact) mass is 270 g/mol. The molecule has 0 atom stereocenters. The first-order chi connectivity index (χ1) is 9.17. The maximum atomic E-state index is 11.8. The fourth-order valence-corrected chi connectivity index (χ4v) is 1.64. The van der Waals surface area contributed by atoms with Crippen LogP contribution in [0.15, 0.2) is 48.5 Å². The summed E-state index contributed by atoms with van der Waals surface area (Å²) in [5, 5.41) is 6.01. The predicted molar refractivity (Wildman–Crippen MR) is 78.5 cm³/mol. The van der Waals surface area contributed by atoms with Crippen LogP contribution in [0.5, 0.6) is 0 Å². The van der Waals surface area contributed by atoms with E-state index < -0.39 is 0 Å². The van der Waals surface area contributed by atoms with Crippen molar-refractivity contribution in [2.45, 2.75) is 0 Å². The second kappa shape index (κ2) is 5.94. The van der Waals surface area contributed by atoms with Gasteiger partial charge in [-0.3, -0.25) is 0 Å². The van der Waals surface area contributed by atoms with E-state index in [1.807, 2.05) is 0 Å². The minimum atomic E-state index is -0.337. The van der Waals surface area contributed by atoms with Crippen molar-refractivity contribution in [3.8, 4) is 12.3 Å². The number of urea groups is 1. The molecule has 2 aromatic rings. The van der Waals surface area contributed by atoms with Crippen molar-refractivity contribution >= 4 is 29.0 Å². The van der Waals surface area contributed by atoms with Crippen LogP contribution in [0.2, 0.25) is 5.02 Å². The lowest BCUT2D eigenvalue weighted by atomic mass is 10.2. The Hall–Kier alpha value is -2.44. The van der Waals surface area contributed by atoms with Crippen molar-refractivity contribution in [3.05, 3.63) is 59.1 Å². The fourth-order valence-electron chi connectivity index (χ4n) is 1.51. The molecule has 2 rings (SSSR count). The van der Waals surface area contributed by atoms with Crippen LogP contribution in [0.25, 0.3) is 0 Å². The molecule has 2 aromatic carbocycles. The lowest BCUT2D eigenvalue weighted by Gasteiger charge is -2.08. The minimum absolute atomic E-state index is 0.337. The van der Waals surface area contributed by atoms with Crippen LogP contribution in [0.3, 0.4) is 0 Å². The van der Waals surface area contributed by atoms with Crippen LogP contribution in [0, 0.1) is 12.3 Å². The van der Waals surface area contributed by atoms with Gasteiger partial charge in [-0.05, 0) is 42.5 Å². The van der Waals surface area contributed by atoms with Gasteiger partial charge in [0.1, 0.15) is 0 Å². The quantitative estimate of drug-likeness (QED) is 0.797. The number of carbonyl (C=O) groups excluding carboxylic acids is 1. The van der Waals surface area contributed by atoms with Crippen LogP contribution < -0.4 is 10.6 Å². The molecule has 0 bridgehead atoms. The first-order valence-corrected chi connectivity index (χ1v) is 5.95. The Labute approximate surface area is 116 Å². The average molecular weight is 271 g/mol. The third kappa shape index (κ3) is 3.77. The molecule has 4 heteroatoms. The molecule has 0 unspecified atom stereocenters. The molecule has 0 heterocycles. The molecule has 94 valence electrons. The van der Waals surface area contributed by atoms with Gasteiger partial charge < -0.3 is 10.6 Å². The van der Waals surface area contributed by atoms with Gasteiger partial charge in [-0.15, -0.1) is 6.42 Å². The van der Waals surface area contributed by atoms with Gasteiger partial charge in [-0.25, -0.2) is 4.79 Å². The number of halogens is 1. The van der Waals surface area contributed by atoms with Gasteiger partial charge in [0.2, 0.25) is 0 Å². The van der Waals surface area contributed by atoms with Crippen molar-refractivity contribution in [1.82, 2.24) is 0 Å². The van der Waals surface area contributed by atoms with Crippen molar-refractivity contribution in [2.24, 2.45) is 0 Å². The first kappa shape index (κ1) is 13.0. The van der Waals surface area contributed by atoms with E-state index in [-0.39, 0.29) is 6.03 Å². The summed E-state index contributed by atoms with van der Waals surface area (Å²) in [7, 11) is 0. The summed E-state index contributed by atoms with van der Waals surface area (Å²) in [5.74, 6) is 2.51. The van der Waals surface area contributed by atoms with Gasteiger partial charge in [0.15, 0.2) is 0 Å². The summed E-state index contributed by atoms with van der Waals surface area (Å²) in [6, 6.07) is 13.6. The number of hydrogen-bond acceptors (Lipinski definition) is 1. The van der Waals surface area contributed by atoms with Gasteiger partial charge >= 0.3 is 6.03 Å². The highest BCUT2D eigenvalue weighted by atomic mass is 35.5. The molecule has 3 nitrogen and oxygen atoms in total. The number of amides is 2. The number of anilines is 2. The molecule has 0 aliphatic rings. The number of hydrogen-bond donors (Lipinski definition) is 2. The van der Waals surface area contributed by atoms with Crippen molar-refractivity contribution in [2.75, 3.05) is 10.6 Å². The zero-order chi connectivity index (χ0) is 13.7. The molecule has 2 amide bonds. The average Bonchev–Trinajstić information content (AvgIpc) is 2.41. The first-order valence-electron chi connectivity index (χ1n) is 5.57. The maximum Gasteiger partial charge on any atom is 0.323 e. The normalized spacial score (nSPS) is 9.47. The third-order valence-corrected chi connectivity index (χ3v) is 2.64. The minimum Gasteiger partial charge on any atom is -0.308 e. The molecular formula is C15H11ClN2O. The van der Waals surface area contributed by atoms with Gasteiger partial charge in [0.25, 0.3) is 0 Å². The van der Waals surface area contributed by atoms with E-state index in [9.17, 15) is 4.79 Å². The second-order valence-electron chi connectivity index (χ2n) is 3.81. The summed E-state index contributed by atoms with van der Waals surface area (Å²) in [6.07, 6.45) is 5.30. The van der Waals surface area contributed by atoms with Crippen molar-refractivity contribution in [3.63, 3.8) is 0 Å². The van der Waals surface area contributed by atoms with E-state index in [1.165, 1.54) is 0 Å². The third-order valence-electron chi connectivity index (χ3n) is 2.39. The predicted octanol–water partition coefficient (Wildman–Crippen LogP) is 3.97. The molecular weight excluding hydrogens is 260 g/mol. The van der Waals surface area contributed by atoms with Crippen LogP contribution in [0.4, 0.5) is 16.2 Å². The van der Waals surface area contributed by atoms with E-state index in [0.717, 1.165) is 0 Å². The Morgan fingerprint density at radius 1 is 1.05 bits per heavy atom. The van der Waals surface area contributed by atoms with Crippen LogP contribution >= 0.6 is 11.6 Å². The molecule has 0 aliphatic carbocycles. The largest absolute Gasteiger partial charge is 0.323 e. The second-order valence-corrected chi connectivity index (χ2v) is 4.25. The van der Waals surface area contributed by atoms with Crippen molar-refractivity contribution in [1.29, 1.82) is 0 Å². The Morgan fingerprint density at radius 3 is 2.42 bits per heavy atom. The van der Waals surface area contributed by atoms with Gasteiger partial charge in [0.05, 0.1) is 0 Å². The standard InChI is InChI=1S/C15H11ClN2O/c1-2-11-4-3-5-14(10-11)18-15(19)17-13-8-6-12(16)7-9-13/h1,3-10H,(H2,17,18,19).